The van der Waals surface area contributed by atoms with Crippen LogP contribution in [0.1, 0.15) is 13.8 Å². The average Bonchev–Trinajstić information content (AvgIpc) is 2.30. The minimum Gasteiger partial charge on any atom is -0.377 e. The first-order valence-corrected chi connectivity index (χ1v) is 7.22. The Morgan fingerprint density at radius 1 is 1.56 bits per heavy atom. The highest BCUT2D eigenvalue weighted by atomic mass is 35.5. The second-order valence-corrected chi connectivity index (χ2v) is 5.80. The second-order valence-electron chi connectivity index (χ2n) is 3.63. The van der Waals surface area contributed by atoms with Crippen LogP contribution in [0.3, 0.4) is 0 Å². The number of hydrogen-bond acceptors (Lipinski definition) is 4. The van der Waals surface area contributed by atoms with Crippen LogP contribution in [0.15, 0.2) is 22.0 Å². The Morgan fingerprint density at radius 3 is 2.78 bits per heavy atom. The largest absolute Gasteiger partial charge is 0.377 e. The zero-order valence-electron chi connectivity index (χ0n) is 10.1. The standard InChI is InChI=1S/C10H15ClN2O4S/c1-3-17-7(2)5-13-18(15,16)8-4-9(11)10(14)12-6-8/h4,6-7,13H,3,5H2,1-2H3,(H,12,14). The molecule has 0 amide bonds. The first kappa shape index (κ1) is 15.2. The van der Waals surface area contributed by atoms with Crippen LogP contribution in [0.25, 0.3) is 0 Å². The lowest BCUT2D eigenvalue weighted by atomic mass is 10.4. The number of halogens is 1. The zero-order chi connectivity index (χ0) is 13.8. The molecule has 8 heteroatoms. The molecule has 1 rings (SSSR count). The summed E-state index contributed by atoms with van der Waals surface area (Å²) < 4.78 is 31.3. The van der Waals surface area contributed by atoms with Crippen LogP contribution >= 0.6 is 11.6 Å². The van der Waals surface area contributed by atoms with Crippen molar-refractivity contribution >= 4 is 21.6 Å². The van der Waals surface area contributed by atoms with Gasteiger partial charge in [0.05, 0.1) is 11.0 Å². The Balaban J connectivity index is 2.80. The molecule has 1 aromatic rings. The molecule has 0 spiro atoms. The molecule has 2 N–H and O–H groups in total. The van der Waals surface area contributed by atoms with E-state index in [0.717, 1.165) is 12.3 Å². The summed E-state index contributed by atoms with van der Waals surface area (Å²) in [5.41, 5.74) is -0.529. The topological polar surface area (TPSA) is 88.3 Å². The number of pyridine rings is 1. The smallest absolute Gasteiger partial charge is 0.266 e. The molecule has 0 aliphatic carbocycles. The van der Waals surface area contributed by atoms with E-state index in [2.05, 4.69) is 9.71 Å². The Bertz CT molecular complexity index is 555. The molecule has 1 heterocycles. The van der Waals surface area contributed by atoms with E-state index >= 15 is 0 Å². The molecule has 0 aliphatic heterocycles. The summed E-state index contributed by atoms with van der Waals surface area (Å²) in [7, 11) is -3.70. The normalized spacial score (nSPS) is 13.5. The van der Waals surface area contributed by atoms with Crippen molar-refractivity contribution in [1.82, 2.24) is 9.71 Å². The number of sulfonamides is 1. The van der Waals surface area contributed by atoms with Crippen molar-refractivity contribution in [3.63, 3.8) is 0 Å². The van der Waals surface area contributed by atoms with Gasteiger partial charge in [0.1, 0.15) is 5.02 Å². The van der Waals surface area contributed by atoms with Gasteiger partial charge in [-0.15, -0.1) is 0 Å². The summed E-state index contributed by atoms with van der Waals surface area (Å²) >= 11 is 5.57. The number of H-pyrrole nitrogens is 1. The predicted octanol–water partition coefficient (Wildman–Crippen LogP) is 0.732. The van der Waals surface area contributed by atoms with Crippen LogP contribution in [0, 0.1) is 0 Å². The van der Waals surface area contributed by atoms with Gasteiger partial charge in [0.25, 0.3) is 5.56 Å². The van der Waals surface area contributed by atoms with Gasteiger partial charge >= 0.3 is 0 Å². The van der Waals surface area contributed by atoms with Gasteiger partial charge in [-0.05, 0) is 19.9 Å². The fraction of sp³-hybridized carbons (Fsp3) is 0.500. The van der Waals surface area contributed by atoms with Crippen LogP contribution in [-0.2, 0) is 14.8 Å². The maximum atomic E-state index is 11.9. The molecule has 0 radical (unpaired) electrons. The molecule has 1 unspecified atom stereocenters. The number of nitrogens with one attached hydrogen (secondary N) is 2. The minimum absolute atomic E-state index is 0.0872. The van der Waals surface area contributed by atoms with Crippen LogP contribution < -0.4 is 10.3 Å². The Hall–Kier alpha value is -0.890. The first-order valence-electron chi connectivity index (χ1n) is 5.36. The fourth-order valence-corrected chi connectivity index (χ4v) is 2.59. The molecule has 0 saturated carbocycles. The quantitative estimate of drug-likeness (QED) is 0.809. The van der Waals surface area contributed by atoms with Gasteiger partial charge in [-0.2, -0.15) is 0 Å². The van der Waals surface area contributed by atoms with Crippen molar-refractivity contribution in [2.24, 2.45) is 0 Å². The molecular formula is C10H15ClN2O4S. The fourth-order valence-electron chi connectivity index (χ4n) is 1.25. The average molecular weight is 295 g/mol. The molecule has 18 heavy (non-hydrogen) atoms. The minimum atomic E-state index is -3.70. The van der Waals surface area contributed by atoms with Crippen molar-refractivity contribution in [3.8, 4) is 0 Å². The molecule has 0 fully saturated rings. The van der Waals surface area contributed by atoms with E-state index in [9.17, 15) is 13.2 Å². The Kier molecular flexibility index (Phi) is 5.33. The number of ether oxygens (including phenoxy) is 1. The monoisotopic (exact) mass is 294 g/mol. The van der Waals surface area contributed by atoms with E-state index in [1.165, 1.54) is 0 Å². The van der Waals surface area contributed by atoms with Crippen LogP contribution in [0.5, 0.6) is 0 Å². The highest BCUT2D eigenvalue weighted by molar-refractivity contribution is 7.89. The summed E-state index contributed by atoms with van der Waals surface area (Å²) in [5, 5.41) is -0.171. The maximum Gasteiger partial charge on any atom is 0.266 e. The van der Waals surface area contributed by atoms with Gasteiger partial charge < -0.3 is 9.72 Å². The summed E-state index contributed by atoms with van der Waals surface area (Å²) in [6.45, 7) is 4.23. The third-order valence-electron chi connectivity index (χ3n) is 2.15. The SMILES string of the molecule is CCOC(C)CNS(=O)(=O)c1c[nH]c(=O)c(Cl)c1. The third-order valence-corrected chi connectivity index (χ3v) is 3.84. The molecule has 1 atom stereocenters. The van der Waals surface area contributed by atoms with E-state index in [1.54, 1.807) is 6.92 Å². The lowest BCUT2D eigenvalue weighted by molar-refractivity contribution is 0.0799. The lowest BCUT2D eigenvalue weighted by Gasteiger charge is -2.12. The van der Waals surface area contributed by atoms with E-state index in [0.29, 0.717) is 6.61 Å². The maximum absolute atomic E-state index is 11.9. The zero-order valence-corrected chi connectivity index (χ0v) is 11.6. The number of rotatable bonds is 6. The van der Waals surface area contributed by atoms with Crippen molar-refractivity contribution in [2.45, 2.75) is 24.8 Å². The Morgan fingerprint density at radius 2 is 2.22 bits per heavy atom. The molecule has 0 saturated heterocycles. The van der Waals surface area contributed by atoms with E-state index in [1.807, 2.05) is 6.92 Å². The van der Waals surface area contributed by atoms with Crippen molar-refractivity contribution in [3.05, 3.63) is 27.6 Å². The highest BCUT2D eigenvalue weighted by Gasteiger charge is 2.16. The van der Waals surface area contributed by atoms with Crippen molar-refractivity contribution in [2.75, 3.05) is 13.2 Å². The van der Waals surface area contributed by atoms with E-state index in [4.69, 9.17) is 16.3 Å². The lowest BCUT2D eigenvalue weighted by Crippen LogP contribution is -2.32. The van der Waals surface area contributed by atoms with E-state index < -0.39 is 15.6 Å². The number of aromatic amines is 1. The van der Waals surface area contributed by atoms with Gasteiger partial charge in [-0.25, -0.2) is 13.1 Å². The second kappa shape index (κ2) is 6.33. The Labute approximate surface area is 110 Å². The molecule has 1 aromatic heterocycles. The third kappa shape index (κ3) is 4.09. The summed E-state index contributed by atoms with van der Waals surface area (Å²) in [4.78, 5) is 13.2. The molecule has 0 aromatic carbocycles. The predicted molar refractivity (Wildman–Crippen MR) is 68.3 cm³/mol. The van der Waals surface area contributed by atoms with E-state index in [-0.39, 0.29) is 22.6 Å². The number of aromatic nitrogens is 1. The van der Waals surface area contributed by atoms with Gasteiger partial charge in [-0.1, -0.05) is 11.6 Å². The van der Waals surface area contributed by atoms with Crippen LogP contribution in [-0.4, -0.2) is 32.7 Å². The van der Waals surface area contributed by atoms with Gasteiger partial charge in [0.2, 0.25) is 10.0 Å². The molecular weight excluding hydrogens is 280 g/mol. The van der Waals surface area contributed by atoms with Gasteiger partial charge in [0.15, 0.2) is 0 Å². The van der Waals surface area contributed by atoms with Gasteiger partial charge in [-0.3, -0.25) is 4.79 Å². The van der Waals surface area contributed by atoms with Crippen LogP contribution in [0.4, 0.5) is 0 Å². The van der Waals surface area contributed by atoms with Crippen LogP contribution in [0.2, 0.25) is 5.02 Å². The summed E-state index contributed by atoms with van der Waals surface area (Å²) in [6.07, 6.45) is 0.866. The van der Waals surface area contributed by atoms with Crippen molar-refractivity contribution < 1.29 is 13.2 Å². The van der Waals surface area contributed by atoms with Gasteiger partial charge in [0, 0.05) is 19.3 Å². The highest BCUT2D eigenvalue weighted by Crippen LogP contribution is 2.10. The molecule has 6 nitrogen and oxygen atoms in total. The molecule has 0 bridgehead atoms. The summed E-state index contributed by atoms with van der Waals surface area (Å²) in [5.74, 6) is 0. The molecule has 0 aliphatic rings. The van der Waals surface area contributed by atoms with Crippen molar-refractivity contribution in [1.29, 1.82) is 0 Å². The summed E-state index contributed by atoms with van der Waals surface area (Å²) in [6, 6.07) is 1.11. The number of hydrogen-bond donors (Lipinski definition) is 2. The molecule has 102 valence electrons. The first-order chi connectivity index (χ1) is 8.36.